The van der Waals surface area contributed by atoms with E-state index in [1.54, 1.807) is 21.0 Å². The van der Waals surface area contributed by atoms with Crippen molar-refractivity contribution in [2.45, 2.75) is 25.7 Å². The van der Waals surface area contributed by atoms with Gasteiger partial charge in [-0.15, -0.1) is 0 Å². The molecule has 5 heteroatoms. The van der Waals surface area contributed by atoms with Gasteiger partial charge in [-0.05, 0) is 56.2 Å². The molecule has 0 atom stereocenters. The lowest BCUT2D eigenvalue weighted by atomic mass is 10.1. The van der Waals surface area contributed by atoms with E-state index in [0.717, 1.165) is 28.0 Å². The number of rotatable bonds is 4. The zero-order valence-corrected chi connectivity index (χ0v) is 15.1. The zero-order chi connectivity index (χ0) is 17.7. The summed E-state index contributed by atoms with van der Waals surface area (Å²) < 4.78 is 32.6. The summed E-state index contributed by atoms with van der Waals surface area (Å²) in [6.07, 6.45) is 0. The molecule has 0 aliphatic carbocycles. The van der Waals surface area contributed by atoms with E-state index < -0.39 is 10.0 Å². The van der Waals surface area contributed by atoms with E-state index >= 15 is 0 Å². The van der Waals surface area contributed by atoms with Crippen molar-refractivity contribution in [1.29, 1.82) is 0 Å². The Hall–Kier alpha value is -2.29. The molecule has 0 amide bonds. The molecule has 0 saturated heterocycles. The van der Waals surface area contributed by atoms with Crippen LogP contribution in [0.15, 0.2) is 41.3 Å². The second-order valence-corrected chi connectivity index (χ2v) is 7.29. The first-order chi connectivity index (χ1) is 11.3. The van der Waals surface area contributed by atoms with Crippen molar-refractivity contribution in [2.24, 2.45) is 0 Å². The molecular formula is C19H21NO3S. The number of aryl methyl sites for hydroxylation is 3. The fourth-order valence-corrected chi connectivity index (χ4v) is 3.99. The lowest BCUT2D eigenvalue weighted by Crippen LogP contribution is -2.25. The van der Waals surface area contributed by atoms with Gasteiger partial charge < -0.3 is 4.74 Å². The van der Waals surface area contributed by atoms with Crippen molar-refractivity contribution >= 4 is 10.0 Å². The van der Waals surface area contributed by atoms with E-state index in [-0.39, 0.29) is 6.54 Å². The normalized spacial score (nSPS) is 10.8. The summed E-state index contributed by atoms with van der Waals surface area (Å²) in [6.45, 7) is 5.61. The highest BCUT2D eigenvalue weighted by Gasteiger charge is 2.18. The minimum Gasteiger partial charge on any atom is -0.497 e. The monoisotopic (exact) mass is 343 g/mol. The lowest BCUT2D eigenvalue weighted by Gasteiger charge is -2.11. The largest absolute Gasteiger partial charge is 0.497 e. The van der Waals surface area contributed by atoms with Crippen molar-refractivity contribution in [1.82, 2.24) is 4.72 Å². The van der Waals surface area contributed by atoms with Crippen molar-refractivity contribution in [3.05, 3.63) is 58.7 Å². The van der Waals surface area contributed by atoms with Crippen LogP contribution in [0, 0.1) is 32.6 Å². The Kier molecular flexibility index (Phi) is 5.66. The number of sulfonamides is 1. The molecule has 126 valence electrons. The highest BCUT2D eigenvalue weighted by Crippen LogP contribution is 2.21. The fraction of sp³-hybridized carbons (Fsp3) is 0.263. The second-order valence-electron chi connectivity index (χ2n) is 5.58. The summed E-state index contributed by atoms with van der Waals surface area (Å²) in [7, 11) is -1.97. The van der Waals surface area contributed by atoms with Crippen molar-refractivity contribution < 1.29 is 13.2 Å². The minimum absolute atomic E-state index is 0.0567. The van der Waals surface area contributed by atoms with Crippen molar-refractivity contribution in [3.8, 4) is 17.6 Å². The Balaban J connectivity index is 2.10. The van der Waals surface area contributed by atoms with Gasteiger partial charge in [0.05, 0.1) is 18.6 Å². The number of methoxy groups -OCH3 is 1. The molecule has 0 aliphatic rings. The molecule has 0 spiro atoms. The molecule has 2 aromatic rings. The van der Waals surface area contributed by atoms with Gasteiger partial charge in [-0.25, -0.2) is 8.42 Å². The molecule has 24 heavy (non-hydrogen) atoms. The molecule has 0 heterocycles. The molecule has 0 aromatic heterocycles. The van der Waals surface area contributed by atoms with Crippen LogP contribution in [0.2, 0.25) is 0 Å². The molecule has 0 radical (unpaired) electrons. The molecule has 0 aliphatic heterocycles. The second kappa shape index (κ2) is 7.52. The Morgan fingerprint density at radius 1 is 1.04 bits per heavy atom. The first kappa shape index (κ1) is 18.1. The molecule has 0 saturated carbocycles. The summed E-state index contributed by atoms with van der Waals surface area (Å²) in [6, 6.07) is 11.0. The van der Waals surface area contributed by atoms with Crippen LogP contribution in [0.1, 0.15) is 22.3 Å². The van der Waals surface area contributed by atoms with Gasteiger partial charge in [-0.1, -0.05) is 29.5 Å². The standard InChI is InChI=1S/C19H21NO3S/c1-14-12-15(2)19(16(3)13-14)24(21,22)20-11-5-6-17-7-9-18(23-4)10-8-17/h7-10,12-13,20H,11H2,1-4H3. The quantitative estimate of drug-likeness (QED) is 0.869. The predicted molar refractivity (Wildman–Crippen MR) is 95.7 cm³/mol. The van der Waals surface area contributed by atoms with Gasteiger partial charge in [-0.3, -0.25) is 0 Å². The van der Waals surface area contributed by atoms with Gasteiger partial charge in [0.25, 0.3) is 0 Å². The maximum Gasteiger partial charge on any atom is 0.241 e. The maximum atomic E-state index is 12.5. The van der Waals surface area contributed by atoms with Gasteiger partial charge in [0.2, 0.25) is 10.0 Å². The summed E-state index contributed by atoms with van der Waals surface area (Å²) in [4.78, 5) is 0.333. The van der Waals surface area contributed by atoms with E-state index in [1.807, 2.05) is 43.3 Å². The van der Waals surface area contributed by atoms with Crippen LogP contribution < -0.4 is 9.46 Å². The molecular weight excluding hydrogens is 322 g/mol. The van der Waals surface area contributed by atoms with E-state index in [1.165, 1.54) is 0 Å². The average molecular weight is 343 g/mol. The smallest absolute Gasteiger partial charge is 0.241 e. The van der Waals surface area contributed by atoms with Crippen LogP contribution in [-0.4, -0.2) is 22.1 Å². The molecule has 0 fully saturated rings. The minimum atomic E-state index is -3.58. The zero-order valence-electron chi connectivity index (χ0n) is 14.3. The van der Waals surface area contributed by atoms with E-state index in [2.05, 4.69) is 16.6 Å². The molecule has 4 nitrogen and oxygen atoms in total. The SMILES string of the molecule is COc1ccc(C#CCNS(=O)(=O)c2c(C)cc(C)cc2C)cc1. The maximum absolute atomic E-state index is 12.5. The molecule has 2 rings (SSSR count). The number of ether oxygens (including phenoxy) is 1. The Bertz CT molecular complexity index is 865. The topological polar surface area (TPSA) is 55.4 Å². The third-order valence-corrected chi connectivity index (χ3v) is 5.25. The highest BCUT2D eigenvalue weighted by atomic mass is 32.2. The van der Waals surface area contributed by atoms with Crippen molar-refractivity contribution in [2.75, 3.05) is 13.7 Å². The molecule has 0 unspecified atom stereocenters. The van der Waals surface area contributed by atoms with Crippen molar-refractivity contribution in [3.63, 3.8) is 0 Å². The predicted octanol–water partition coefficient (Wildman–Crippen LogP) is 2.95. The number of hydrogen-bond donors (Lipinski definition) is 1. The van der Waals surface area contributed by atoms with Gasteiger partial charge in [-0.2, -0.15) is 4.72 Å². The molecule has 0 bridgehead atoms. The lowest BCUT2D eigenvalue weighted by molar-refractivity contribution is 0.415. The summed E-state index contributed by atoms with van der Waals surface area (Å²) in [5.74, 6) is 6.52. The van der Waals surface area contributed by atoms with Crippen LogP contribution in [0.25, 0.3) is 0 Å². The Morgan fingerprint density at radius 3 is 2.17 bits per heavy atom. The van der Waals surface area contributed by atoms with Gasteiger partial charge >= 0.3 is 0 Å². The van der Waals surface area contributed by atoms with Gasteiger partial charge in [0.15, 0.2) is 0 Å². The van der Waals surface area contributed by atoms with E-state index in [9.17, 15) is 8.42 Å². The summed E-state index contributed by atoms with van der Waals surface area (Å²) in [5.41, 5.74) is 3.33. The third kappa shape index (κ3) is 4.38. The van der Waals surface area contributed by atoms with Crippen LogP contribution in [-0.2, 0) is 10.0 Å². The summed E-state index contributed by atoms with van der Waals surface area (Å²) >= 11 is 0. The van der Waals surface area contributed by atoms with E-state index in [4.69, 9.17) is 4.74 Å². The van der Waals surface area contributed by atoms with Crippen LogP contribution in [0.5, 0.6) is 5.75 Å². The molecule has 2 aromatic carbocycles. The summed E-state index contributed by atoms with van der Waals surface area (Å²) in [5, 5.41) is 0. The van der Waals surface area contributed by atoms with Crippen LogP contribution in [0.4, 0.5) is 0 Å². The first-order valence-corrected chi connectivity index (χ1v) is 9.02. The number of hydrogen-bond acceptors (Lipinski definition) is 3. The van der Waals surface area contributed by atoms with Crippen LogP contribution >= 0.6 is 0 Å². The third-order valence-electron chi connectivity index (χ3n) is 3.55. The number of benzene rings is 2. The Labute approximate surface area is 143 Å². The Morgan fingerprint density at radius 2 is 1.62 bits per heavy atom. The first-order valence-electron chi connectivity index (χ1n) is 7.54. The van der Waals surface area contributed by atoms with Gasteiger partial charge in [0, 0.05) is 5.56 Å². The highest BCUT2D eigenvalue weighted by molar-refractivity contribution is 7.89. The fourth-order valence-electron chi connectivity index (χ4n) is 2.61. The number of nitrogens with one attached hydrogen (secondary N) is 1. The van der Waals surface area contributed by atoms with E-state index in [0.29, 0.717) is 4.90 Å². The molecule has 1 N–H and O–H groups in total. The van der Waals surface area contributed by atoms with Crippen LogP contribution in [0.3, 0.4) is 0 Å². The van der Waals surface area contributed by atoms with Gasteiger partial charge in [0.1, 0.15) is 5.75 Å². The average Bonchev–Trinajstić information content (AvgIpc) is 2.51.